The van der Waals surface area contributed by atoms with Gasteiger partial charge in [0.1, 0.15) is 30.0 Å². The number of fused-ring (bicyclic) bond motifs is 1. The number of hydrogen-bond acceptors (Lipinski definition) is 6. The van der Waals surface area contributed by atoms with Crippen LogP contribution in [0.3, 0.4) is 0 Å². The van der Waals surface area contributed by atoms with Gasteiger partial charge in [-0.2, -0.15) is 0 Å². The summed E-state index contributed by atoms with van der Waals surface area (Å²) in [5.41, 5.74) is 1.15. The average Bonchev–Trinajstić information content (AvgIpc) is 2.64. The molecular weight excluding hydrogens is 336 g/mol. The summed E-state index contributed by atoms with van der Waals surface area (Å²) in [4.78, 5) is 23.0. The third-order valence-electron chi connectivity index (χ3n) is 3.76. The molecule has 0 fully saturated rings. The van der Waals surface area contributed by atoms with E-state index in [9.17, 15) is 14.7 Å². The molecule has 0 unspecified atom stereocenters. The van der Waals surface area contributed by atoms with E-state index in [0.29, 0.717) is 11.1 Å². The number of aryl methyl sites for hydroxylation is 1. The van der Waals surface area contributed by atoms with E-state index in [0.717, 1.165) is 12.8 Å². The Balaban J connectivity index is 1.83. The normalized spacial score (nSPS) is 10.7. The van der Waals surface area contributed by atoms with Crippen molar-refractivity contribution in [2.75, 3.05) is 6.61 Å². The van der Waals surface area contributed by atoms with Gasteiger partial charge in [0.15, 0.2) is 0 Å². The standard InChI is InChI=1S/C20H18O6/c1-2-3-13-4-6-14(7-5-13)26-18-11-25-17-10-15(24-12-19(21)22)8-9-16(17)20(18)23/h4-11H,2-3,12H2,1H3,(H,21,22)/p-1. The molecule has 0 aliphatic rings. The summed E-state index contributed by atoms with van der Waals surface area (Å²) < 4.78 is 16.1. The van der Waals surface area contributed by atoms with Crippen LogP contribution in [0.25, 0.3) is 11.0 Å². The van der Waals surface area contributed by atoms with E-state index < -0.39 is 12.6 Å². The van der Waals surface area contributed by atoms with Crippen molar-refractivity contribution in [3.8, 4) is 17.2 Å². The van der Waals surface area contributed by atoms with Crippen LogP contribution in [0, 0.1) is 0 Å². The molecule has 0 radical (unpaired) electrons. The largest absolute Gasteiger partial charge is 0.546 e. The van der Waals surface area contributed by atoms with E-state index >= 15 is 0 Å². The monoisotopic (exact) mass is 353 g/mol. The lowest BCUT2D eigenvalue weighted by Gasteiger charge is -2.09. The first kappa shape index (κ1) is 17.5. The van der Waals surface area contributed by atoms with E-state index in [1.807, 2.05) is 24.3 Å². The number of ether oxygens (including phenoxy) is 2. The summed E-state index contributed by atoms with van der Waals surface area (Å²) in [5, 5.41) is 10.8. The van der Waals surface area contributed by atoms with Crippen LogP contribution >= 0.6 is 0 Å². The fraction of sp³-hybridized carbons (Fsp3) is 0.200. The average molecular weight is 353 g/mol. The van der Waals surface area contributed by atoms with Gasteiger partial charge in [-0.25, -0.2) is 0 Å². The number of carboxylic acids is 1. The Morgan fingerprint density at radius 3 is 2.54 bits per heavy atom. The van der Waals surface area contributed by atoms with Crippen LogP contribution in [0.2, 0.25) is 0 Å². The maximum absolute atomic E-state index is 12.5. The summed E-state index contributed by atoms with van der Waals surface area (Å²) in [7, 11) is 0. The van der Waals surface area contributed by atoms with Crippen molar-refractivity contribution in [2.24, 2.45) is 0 Å². The molecule has 0 saturated carbocycles. The second-order valence-corrected chi connectivity index (χ2v) is 5.74. The Kier molecular flexibility index (Phi) is 5.22. The van der Waals surface area contributed by atoms with Crippen LogP contribution in [-0.2, 0) is 11.2 Å². The van der Waals surface area contributed by atoms with Crippen LogP contribution in [0.5, 0.6) is 17.2 Å². The number of carboxylic acid groups (broad SMARTS) is 1. The Labute approximate surface area is 149 Å². The molecule has 0 saturated heterocycles. The molecule has 0 amide bonds. The van der Waals surface area contributed by atoms with E-state index in [1.54, 1.807) is 0 Å². The Bertz CT molecular complexity index is 972. The molecule has 6 heteroatoms. The number of benzene rings is 2. The van der Waals surface area contributed by atoms with Gasteiger partial charge in [-0.1, -0.05) is 25.5 Å². The van der Waals surface area contributed by atoms with Gasteiger partial charge in [-0.15, -0.1) is 0 Å². The quantitative estimate of drug-likeness (QED) is 0.649. The van der Waals surface area contributed by atoms with Gasteiger partial charge in [0.05, 0.1) is 11.4 Å². The highest BCUT2D eigenvalue weighted by Crippen LogP contribution is 2.24. The minimum atomic E-state index is -1.33. The first-order chi connectivity index (χ1) is 12.6. The number of aliphatic carboxylic acids is 1. The molecule has 0 spiro atoms. The zero-order valence-corrected chi connectivity index (χ0v) is 14.2. The molecule has 0 aliphatic heterocycles. The third kappa shape index (κ3) is 4.03. The molecule has 0 atom stereocenters. The minimum absolute atomic E-state index is 0.0733. The lowest BCUT2D eigenvalue weighted by Crippen LogP contribution is -2.28. The van der Waals surface area contributed by atoms with Gasteiger partial charge >= 0.3 is 0 Å². The van der Waals surface area contributed by atoms with Crippen molar-refractivity contribution in [1.29, 1.82) is 0 Å². The van der Waals surface area contributed by atoms with Crippen molar-refractivity contribution < 1.29 is 23.8 Å². The fourth-order valence-electron chi connectivity index (χ4n) is 2.53. The SMILES string of the molecule is CCCc1ccc(Oc2coc3cc(OCC(=O)[O-])ccc3c2=O)cc1. The third-order valence-corrected chi connectivity index (χ3v) is 3.76. The minimum Gasteiger partial charge on any atom is -0.546 e. The molecule has 134 valence electrons. The molecule has 3 rings (SSSR count). The number of carbonyl (C=O) groups excluding carboxylic acids is 1. The van der Waals surface area contributed by atoms with E-state index in [-0.39, 0.29) is 22.5 Å². The molecule has 26 heavy (non-hydrogen) atoms. The number of rotatable bonds is 7. The summed E-state index contributed by atoms with van der Waals surface area (Å²) in [5.74, 6) is -0.445. The highest BCUT2D eigenvalue weighted by atomic mass is 16.5. The molecule has 1 aromatic heterocycles. The first-order valence-electron chi connectivity index (χ1n) is 8.22. The highest BCUT2D eigenvalue weighted by Gasteiger charge is 2.10. The van der Waals surface area contributed by atoms with Crippen LogP contribution in [0.1, 0.15) is 18.9 Å². The van der Waals surface area contributed by atoms with E-state index in [1.165, 1.54) is 30.0 Å². The highest BCUT2D eigenvalue weighted by molar-refractivity contribution is 5.79. The Morgan fingerprint density at radius 2 is 1.85 bits per heavy atom. The smallest absolute Gasteiger partial charge is 0.235 e. The van der Waals surface area contributed by atoms with E-state index in [4.69, 9.17) is 13.9 Å². The maximum atomic E-state index is 12.5. The van der Waals surface area contributed by atoms with Crippen molar-refractivity contribution in [3.63, 3.8) is 0 Å². The predicted octanol–water partition coefficient (Wildman–Crippen LogP) is 2.67. The predicted molar refractivity (Wildman–Crippen MR) is 93.5 cm³/mol. The van der Waals surface area contributed by atoms with Crippen LogP contribution < -0.4 is 20.0 Å². The lowest BCUT2D eigenvalue weighted by molar-refractivity contribution is -0.307. The molecule has 0 aliphatic carbocycles. The Morgan fingerprint density at radius 1 is 1.12 bits per heavy atom. The van der Waals surface area contributed by atoms with Crippen molar-refractivity contribution >= 4 is 16.9 Å². The second kappa shape index (κ2) is 7.74. The number of hydrogen-bond donors (Lipinski definition) is 0. The van der Waals surface area contributed by atoms with Crippen LogP contribution in [-0.4, -0.2) is 12.6 Å². The topological polar surface area (TPSA) is 88.8 Å². The zero-order chi connectivity index (χ0) is 18.5. The molecule has 2 aromatic carbocycles. The lowest BCUT2D eigenvalue weighted by atomic mass is 10.1. The second-order valence-electron chi connectivity index (χ2n) is 5.74. The maximum Gasteiger partial charge on any atom is 0.235 e. The number of carbonyl (C=O) groups is 1. The van der Waals surface area contributed by atoms with Gasteiger partial charge < -0.3 is 23.8 Å². The zero-order valence-electron chi connectivity index (χ0n) is 14.2. The van der Waals surface area contributed by atoms with Crippen molar-refractivity contribution in [1.82, 2.24) is 0 Å². The summed E-state index contributed by atoms with van der Waals surface area (Å²) in [6, 6.07) is 12.0. The molecule has 6 nitrogen and oxygen atoms in total. The fourth-order valence-corrected chi connectivity index (χ4v) is 2.53. The van der Waals surface area contributed by atoms with Gasteiger partial charge in [0.25, 0.3) is 0 Å². The molecule has 0 N–H and O–H groups in total. The molecule has 1 heterocycles. The summed E-state index contributed by atoms with van der Waals surface area (Å²) in [6.07, 6.45) is 3.27. The van der Waals surface area contributed by atoms with Gasteiger partial charge in [-0.3, -0.25) is 4.79 Å². The molecule has 0 bridgehead atoms. The van der Waals surface area contributed by atoms with Crippen molar-refractivity contribution in [2.45, 2.75) is 19.8 Å². The summed E-state index contributed by atoms with van der Waals surface area (Å²) in [6.45, 7) is 1.53. The summed E-state index contributed by atoms with van der Waals surface area (Å²) >= 11 is 0. The Hall–Kier alpha value is -3.28. The van der Waals surface area contributed by atoms with Gasteiger partial charge in [0, 0.05) is 6.07 Å². The van der Waals surface area contributed by atoms with E-state index in [2.05, 4.69) is 6.92 Å². The van der Waals surface area contributed by atoms with Crippen LogP contribution in [0.4, 0.5) is 0 Å². The molecule has 3 aromatic rings. The first-order valence-corrected chi connectivity index (χ1v) is 8.22. The van der Waals surface area contributed by atoms with Gasteiger partial charge in [0.2, 0.25) is 11.2 Å². The van der Waals surface area contributed by atoms with Gasteiger partial charge in [-0.05, 0) is 36.2 Å². The van der Waals surface area contributed by atoms with Crippen molar-refractivity contribution in [3.05, 3.63) is 64.5 Å². The molecular formula is C20H17O6-. The van der Waals surface area contributed by atoms with Crippen LogP contribution in [0.15, 0.2) is 57.9 Å².